The van der Waals surface area contributed by atoms with E-state index in [9.17, 15) is 4.79 Å². The van der Waals surface area contributed by atoms with Crippen molar-refractivity contribution < 1.29 is 4.79 Å². The van der Waals surface area contributed by atoms with Gasteiger partial charge in [0, 0.05) is 41.6 Å². The molecule has 0 aliphatic heterocycles. The minimum atomic E-state index is -0.217. The molecule has 27 heavy (non-hydrogen) atoms. The lowest BCUT2D eigenvalue weighted by Crippen LogP contribution is -2.24. The molecular formula is C22H30N4O. The van der Waals surface area contributed by atoms with Crippen molar-refractivity contribution >= 4 is 17.3 Å². The summed E-state index contributed by atoms with van der Waals surface area (Å²) in [5.74, 6) is -0.223. The Hall–Kier alpha value is -2.82. The number of carbonyl (C=O) groups is 1. The van der Waals surface area contributed by atoms with E-state index in [0.29, 0.717) is 11.7 Å². The molecule has 5 nitrogen and oxygen atoms in total. The maximum absolute atomic E-state index is 12.3. The maximum atomic E-state index is 12.3. The molecule has 2 atom stereocenters. The Kier molecular flexibility index (Phi) is 6.61. The van der Waals surface area contributed by atoms with E-state index in [2.05, 4.69) is 49.0 Å². The molecule has 0 bridgehead atoms. The van der Waals surface area contributed by atoms with Crippen molar-refractivity contribution in [2.24, 2.45) is 0 Å². The number of benzene rings is 1. The van der Waals surface area contributed by atoms with Crippen molar-refractivity contribution in [1.29, 1.82) is 0 Å². The molecule has 0 spiro atoms. The van der Waals surface area contributed by atoms with Crippen LogP contribution in [0.4, 0.5) is 5.69 Å². The Bertz CT molecular complexity index is 844. The summed E-state index contributed by atoms with van der Waals surface area (Å²) in [5.41, 5.74) is 11.8. The molecule has 2 aromatic rings. The van der Waals surface area contributed by atoms with Crippen LogP contribution in [0.25, 0.3) is 5.70 Å². The van der Waals surface area contributed by atoms with Gasteiger partial charge in [-0.15, -0.1) is 0 Å². The minimum Gasteiger partial charge on any atom is -0.399 e. The van der Waals surface area contributed by atoms with E-state index in [-0.39, 0.29) is 11.8 Å². The number of aromatic nitrogens is 1. The number of nitrogens with one attached hydrogen (secondary N) is 2. The number of hydrogen-bond donors (Lipinski definition) is 3. The summed E-state index contributed by atoms with van der Waals surface area (Å²) >= 11 is 0. The Morgan fingerprint density at radius 3 is 2.63 bits per heavy atom. The number of anilines is 1. The van der Waals surface area contributed by atoms with Crippen LogP contribution in [0.1, 0.15) is 66.0 Å². The summed E-state index contributed by atoms with van der Waals surface area (Å²) < 4.78 is 0. The van der Waals surface area contributed by atoms with E-state index < -0.39 is 0 Å². The third-order valence-corrected chi connectivity index (χ3v) is 5.01. The van der Waals surface area contributed by atoms with Crippen LogP contribution in [-0.4, -0.2) is 24.0 Å². The Labute approximate surface area is 162 Å². The Morgan fingerprint density at radius 2 is 2.00 bits per heavy atom. The van der Waals surface area contributed by atoms with E-state index in [1.807, 2.05) is 25.1 Å². The number of amides is 1. The third-order valence-electron chi connectivity index (χ3n) is 5.01. The molecule has 1 aromatic carbocycles. The van der Waals surface area contributed by atoms with Crippen LogP contribution in [0.3, 0.4) is 0 Å². The average molecular weight is 367 g/mol. The second-order valence-corrected chi connectivity index (χ2v) is 6.96. The van der Waals surface area contributed by atoms with Crippen molar-refractivity contribution in [1.82, 2.24) is 15.6 Å². The summed E-state index contributed by atoms with van der Waals surface area (Å²) in [7, 11) is 1.61. The van der Waals surface area contributed by atoms with Gasteiger partial charge in [0.15, 0.2) is 0 Å². The molecule has 0 saturated heterocycles. The number of pyridine rings is 1. The van der Waals surface area contributed by atoms with Crippen LogP contribution in [0.2, 0.25) is 0 Å². The Balaban J connectivity index is 2.51. The van der Waals surface area contributed by atoms with Gasteiger partial charge in [0.05, 0.1) is 0 Å². The lowest BCUT2D eigenvalue weighted by Gasteiger charge is -2.20. The number of carbonyl (C=O) groups excluding carboxylic acids is 1. The zero-order chi connectivity index (χ0) is 20.1. The highest BCUT2D eigenvalue weighted by Gasteiger charge is 2.18. The van der Waals surface area contributed by atoms with Crippen molar-refractivity contribution in [2.75, 3.05) is 12.8 Å². The molecule has 1 aromatic heterocycles. The molecule has 0 aliphatic carbocycles. The van der Waals surface area contributed by atoms with Gasteiger partial charge in [-0.3, -0.25) is 4.79 Å². The van der Waals surface area contributed by atoms with Gasteiger partial charge in [-0.05, 0) is 49.6 Å². The van der Waals surface area contributed by atoms with Crippen molar-refractivity contribution in [3.63, 3.8) is 0 Å². The van der Waals surface area contributed by atoms with Crippen LogP contribution < -0.4 is 16.4 Å². The molecule has 0 radical (unpaired) electrons. The second kappa shape index (κ2) is 8.71. The summed E-state index contributed by atoms with van der Waals surface area (Å²) in [5, 5.41) is 6.04. The molecule has 1 unspecified atom stereocenters. The van der Waals surface area contributed by atoms with E-state index in [1.54, 1.807) is 13.1 Å². The normalized spacial score (nSPS) is 12.9. The first-order valence-electron chi connectivity index (χ1n) is 9.33. The lowest BCUT2D eigenvalue weighted by atomic mass is 9.91. The fraction of sp³-hybridized carbons (Fsp3) is 0.364. The maximum Gasteiger partial charge on any atom is 0.269 e. The quantitative estimate of drug-likeness (QED) is 0.650. The van der Waals surface area contributed by atoms with Gasteiger partial charge >= 0.3 is 0 Å². The SMILES string of the molecule is C=C(N[C@H](C)CC)c1cc(C(=O)NC)nc(C(C)c2cccc(N)c2C)c1. The fourth-order valence-corrected chi connectivity index (χ4v) is 2.98. The standard InChI is InChI=1S/C22H30N4O/c1-7-13(2)25-16(5)17-11-20(26-21(12-17)22(27)24-6)15(4)18-9-8-10-19(23)14(18)3/h8-13,15,25H,5,7,23H2,1-4,6H3,(H,24,27)/t13-,15?/m1/s1. The highest BCUT2D eigenvalue weighted by Crippen LogP contribution is 2.30. The molecule has 144 valence electrons. The van der Waals surface area contributed by atoms with Crippen LogP contribution in [-0.2, 0) is 0 Å². The van der Waals surface area contributed by atoms with Gasteiger partial charge in [-0.1, -0.05) is 32.6 Å². The highest BCUT2D eigenvalue weighted by molar-refractivity contribution is 5.93. The van der Waals surface area contributed by atoms with Gasteiger partial charge in [0.1, 0.15) is 5.69 Å². The van der Waals surface area contributed by atoms with Crippen LogP contribution in [0.5, 0.6) is 0 Å². The number of nitrogen functional groups attached to an aromatic ring is 1. The smallest absolute Gasteiger partial charge is 0.269 e. The predicted molar refractivity (Wildman–Crippen MR) is 113 cm³/mol. The van der Waals surface area contributed by atoms with E-state index in [1.165, 1.54) is 0 Å². The minimum absolute atomic E-state index is 0.00625. The van der Waals surface area contributed by atoms with Gasteiger partial charge in [-0.2, -0.15) is 0 Å². The summed E-state index contributed by atoms with van der Waals surface area (Å²) in [6.07, 6.45) is 0.984. The molecular weight excluding hydrogens is 336 g/mol. The zero-order valence-corrected chi connectivity index (χ0v) is 16.9. The van der Waals surface area contributed by atoms with E-state index >= 15 is 0 Å². The first kappa shape index (κ1) is 20.5. The van der Waals surface area contributed by atoms with Crippen molar-refractivity contribution in [2.45, 2.75) is 46.1 Å². The van der Waals surface area contributed by atoms with Crippen molar-refractivity contribution in [3.8, 4) is 0 Å². The molecule has 1 heterocycles. The number of rotatable bonds is 7. The second-order valence-electron chi connectivity index (χ2n) is 6.96. The van der Waals surface area contributed by atoms with Crippen LogP contribution >= 0.6 is 0 Å². The largest absolute Gasteiger partial charge is 0.399 e. The third kappa shape index (κ3) is 4.67. The number of hydrogen-bond acceptors (Lipinski definition) is 4. The van der Waals surface area contributed by atoms with Crippen molar-refractivity contribution in [3.05, 3.63) is 65.0 Å². The first-order chi connectivity index (χ1) is 12.8. The predicted octanol–water partition coefficient (Wildman–Crippen LogP) is 3.84. The summed E-state index contributed by atoms with van der Waals surface area (Å²) in [6.45, 7) is 12.5. The van der Waals surface area contributed by atoms with Gasteiger partial charge in [0.2, 0.25) is 0 Å². The molecule has 0 aliphatic rings. The molecule has 0 fully saturated rings. The van der Waals surface area contributed by atoms with E-state index in [4.69, 9.17) is 5.73 Å². The lowest BCUT2D eigenvalue weighted by molar-refractivity contribution is 0.0958. The molecule has 2 rings (SSSR count). The number of nitrogens with two attached hydrogens (primary N) is 1. The zero-order valence-electron chi connectivity index (χ0n) is 16.9. The van der Waals surface area contributed by atoms with Gasteiger partial charge in [-0.25, -0.2) is 4.98 Å². The van der Waals surface area contributed by atoms with Gasteiger partial charge in [0.25, 0.3) is 5.91 Å². The fourth-order valence-electron chi connectivity index (χ4n) is 2.98. The van der Waals surface area contributed by atoms with Crippen LogP contribution in [0, 0.1) is 6.92 Å². The topological polar surface area (TPSA) is 80.0 Å². The number of nitrogens with zero attached hydrogens (tertiary/aromatic N) is 1. The van der Waals surface area contributed by atoms with Gasteiger partial charge < -0.3 is 16.4 Å². The summed E-state index contributed by atoms with van der Waals surface area (Å²) in [6, 6.07) is 9.96. The highest BCUT2D eigenvalue weighted by atomic mass is 16.1. The van der Waals surface area contributed by atoms with Crippen LogP contribution in [0.15, 0.2) is 36.9 Å². The Morgan fingerprint density at radius 1 is 1.30 bits per heavy atom. The average Bonchev–Trinajstić information content (AvgIpc) is 2.68. The molecule has 1 amide bonds. The molecule has 4 N–H and O–H groups in total. The first-order valence-corrected chi connectivity index (χ1v) is 9.33. The molecule has 0 saturated carbocycles. The summed E-state index contributed by atoms with van der Waals surface area (Å²) in [4.78, 5) is 16.9. The monoisotopic (exact) mass is 366 g/mol. The van der Waals surface area contributed by atoms with E-state index in [0.717, 1.165) is 40.2 Å². The molecule has 5 heteroatoms.